The lowest BCUT2D eigenvalue weighted by Crippen LogP contribution is -2.16. The minimum absolute atomic E-state index is 0.107. The zero-order valence-electron chi connectivity index (χ0n) is 16.8. The molecule has 32 heavy (non-hydrogen) atoms. The Morgan fingerprint density at radius 3 is 2.59 bits per heavy atom. The van der Waals surface area contributed by atoms with E-state index in [1.165, 1.54) is 32.4 Å². The maximum atomic E-state index is 13.8. The first-order chi connectivity index (χ1) is 15.2. The first kappa shape index (κ1) is 21.8. The van der Waals surface area contributed by atoms with Gasteiger partial charge in [0, 0.05) is 5.56 Å². The molecule has 1 aliphatic rings. The highest BCUT2D eigenvalue weighted by atomic mass is 35.5. The topological polar surface area (TPSA) is 104 Å². The summed E-state index contributed by atoms with van der Waals surface area (Å²) in [6.07, 6.45) is 0. The molecule has 0 aliphatic carbocycles. The highest BCUT2D eigenvalue weighted by Crippen LogP contribution is 2.38. The maximum absolute atomic E-state index is 13.8. The zero-order valence-corrected chi connectivity index (χ0v) is 18.4. The Morgan fingerprint density at radius 1 is 1.09 bits per heavy atom. The number of sulfonamides is 1. The molecule has 0 amide bonds. The Hall–Kier alpha value is -3.37. The lowest BCUT2D eigenvalue weighted by atomic mass is 10.0. The number of aromatic nitrogens is 1. The van der Waals surface area contributed by atoms with Gasteiger partial charge in [-0.25, -0.2) is 18.2 Å². The van der Waals surface area contributed by atoms with E-state index >= 15 is 0 Å². The summed E-state index contributed by atoms with van der Waals surface area (Å²) in [5.74, 6) is -1.54. The number of nitrogens with zero attached hydrogens (tertiary/aromatic N) is 1. The minimum Gasteiger partial charge on any atom is -0.495 e. The van der Waals surface area contributed by atoms with Crippen LogP contribution < -0.4 is 14.2 Å². The van der Waals surface area contributed by atoms with Crippen molar-refractivity contribution in [2.45, 2.75) is 11.5 Å². The molecule has 4 rings (SSSR count). The molecule has 3 aromatic rings. The van der Waals surface area contributed by atoms with Gasteiger partial charge in [0.15, 0.2) is 5.75 Å². The van der Waals surface area contributed by atoms with E-state index in [2.05, 4.69) is 9.71 Å². The molecule has 0 atom stereocenters. The third kappa shape index (κ3) is 3.94. The van der Waals surface area contributed by atoms with E-state index in [0.29, 0.717) is 11.1 Å². The van der Waals surface area contributed by atoms with Crippen LogP contribution in [0.4, 0.5) is 10.1 Å². The normalized spacial score (nSPS) is 14.6. The minimum atomic E-state index is -4.29. The number of pyridine rings is 1. The number of esters is 1. The molecule has 0 spiro atoms. The summed E-state index contributed by atoms with van der Waals surface area (Å²) in [4.78, 5) is 16.1. The molecule has 1 N–H and O–H groups in total. The molecular weight excluding hydrogens is 463 g/mol. The molecule has 8 nitrogen and oxygen atoms in total. The average molecular weight is 479 g/mol. The van der Waals surface area contributed by atoms with Crippen LogP contribution >= 0.6 is 11.6 Å². The molecule has 0 saturated heterocycles. The van der Waals surface area contributed by atoms with Gasteiger partial charge in [0.25, 0.3) is 10.0 Å². The quantitative estimate of drug-likeness (QED) is 0.438. The molecule has 2 heterocycles. The van der Waals surface area contributed by atoms with Crippen LogP contribution in [0.25, 0.3) is 11.1 Å². The summed E-state index contributed by atoms with van der Waals surface area (Å²) in [7, 11) is -1.65. The van der Waals surface area contributed by atoms with Crippen molar-refractivity contribution in [1.82, 2.24) is 4.98 Å². The number of anilines is 1. The van der Waals surface area contributed by atoms with Gasteiger partial charge in [-0.05, 0) is 42.0 Å². The Morgan fingerprint density at radius 2 is 1.88 bits per heavy atom. The highest BCUT2D eigenvalue weighted by Gasteiger charge is 2.27. The molecule has 1 aromatic heterocycles. The van der Waals surface area contributed by atoms with E-state index in [1.807, 2.05) is 0 Å². The number of fused-ring (bicyclic) bond motifs is 6. The monoisotopic (exact) mass is 478 g/mol. The molecule has 0 saturated carbocycles. The molecular formula is C21H16ClFN2O6S. The van der Waals surface area contributed by atoms with Crippen molar-refractivity contribution >= 4 is 33.3 Å². The number of rotatable bonds is 2. The first-order valence-corrected chi connectivity index (χ1v) is 11.0. The second kappa shape index (κ2) is 8.29. The predicted octanol–water partition coefficient (Wildman–Crippen LogP) is 4.03. The number of cyclic esters (lactones) is 1. The van der Waals surface area contributed by atoms with Crippen molar-refractivity contribution in [2.75, 3.05) is 18.9 Å². The van der Waals surface area contributed by atoms with Crippen LogP contribution in [0.15, 0.2) is 47.4 Å². The highest BCUT2D eigenvalue weighted by molar-refractivity contribution is 7.92. The van der Waals surface area contributed by atoms with Crippen LogP contribution in [0.5, 0.6) is 11.5 Å². The van der Waals surface area contributed by atoms with Crippen molar-refractivity contribution in [2.24, 2.45) is 0 Å². The second-order valence-electron chi connectivity index (χ2n) is 6.71. The van der Waals surface area contributed by atoms with E-state index in [1.54, 1.807) is 12.1 Å². The van der Waals surface area contributed by atoms with Gasteiger partial charge in [-0.2, -0.15) is 4.39 Å². The van der Waals surface area contributed by atoms with Crippen LogP contribution in [0.2, 0.25) is 5.02 Å². The van der Waals surface area contributed by atoms with Crippen LogP contribution in [0, 0.1) is 5.95 Å². The van der Waals surface area contributed by atoms with Crippen LogP contribution in [0.3, 0.4) is 0 Å². The number of halogens is 2. The molecule has 11 heteroatoms. The SMILES string of the molecule is COc1ccc2cc1NS(=O)(=O)c1cc(cc(Cl)c1OC)C(=O)OCc1nc(F)ccc1-2. The van der Waals surface area contributed by atoms with Crippen molar-refractivity contribution in [3.63, 3.8) is 0 Å². The fraction of sp³-hybridized carbons (Fsp3) is 0.143. The lowest BCUT2D eigenvalue weighted by molar-refractivity contribution is 0.0467. The lowest BCUT2D eigenvalue weighted by Gasteiger charge is -2.16. The number of hydrogen-bond acceptors (Lipinski definition) is 7. The fourth-order valence-electron chi connectivity index (χ4n) is 3.30. The molecule has 2 aromatic carbocycles. The predicted molar refractivity (Wildman–Crippen MR) is 114 cm³/mol. The van der Waals surface area contributed by atoms with Crippen molar-refractivity contribution in [3.05, 3.63) is 64.7 Å². The Bertz CT molecular complexity index is 1350. The zero-order chi connectivity index (χ0) is 23.0. The van der Waals surface area contributed by atoms with Crippen LogP contribution in [-0.4, -0.2) is 33.6 Å². The number of nitrogens with one attached hydrogen (secondary N) is 1. The molecule has 166 valence electrons. The Kier molecular flexibility index (Phi) is 5.66. The smallest absolute Gasteiger partial charge is 0.338 e. The summed E-state index contributed by atoms with van der Waals surface area (Å²) in [5, 5.41) is -0.109. The van der Waals surface area contributed by atoms with Gasteiger partial charge < -0.3 is 14.2 Å². The molecule has 4 bridgehead atoms. The number of carbonyl (C=O) groups is 1. The summed E-state index contributed by atoms with van der Waals surface area (Å²) >= 11 is 6.18. The van der Waals surface area contributed by atoms with Gasteiger partial charge in [-0.3, -0.25) is 4.72 Å². The van der Waals surface area contributed by atoms with Gasteiger partial charge in [-0.15, -0.1) is 0 Å². The average Bonchev–Trinajstić information content (AvgIpc) is 2.76. The van der Waals surface area contributed by atoms with Crippen LogP contribution in [-0.2, 0) is 21.4 Å². The maximum Gasteiger partial charge on any atom is 0.338 e. The van der Waals surface area contributed by atoms with Gasteiger partial charge in [0.1, 0.15) is 17.3 Å². The number of benzene rings is 2. The molecule has 1 aliphatic heterocycles. The molecule has 0 unspecified atom stereocenters. The van der Waals surface area contributed by atoms with E-state index in [-0.39, 0.29) is 45.0 Å². The van der Waals surface area contributed by atoms with Gasteiger partial charge in [0.2, 0.25) is 5.95 Å². The summed E-state index contributed by atoms with van der Waals surface area (Å²) in [6.45, 7) is -0.355. The summed E-state index contributed by atoms with van der Waals surface area (Å²) < 4.78 is 58.5. The first-order valence-electron chi connectivity index (χ1n) is 9.15. The van der Waals surface area contributed by atoms with Crippen molar-refractivity contribution in [3.8, 4) is 22.6 Å². The standard InChI is InChI=1S/C21H16ClFN2O6S/c1-29-17-5-3-11-8-15(17)25-32(27,28)18-9-12(7-14(22)20(18)30-2)21(26)31-10-16-13(11)4-6-19(23)24-16/h3-9,25H,10H2,1-2H3. The summed E-state index contributed by atoms with van der Waals surface area (Å²) in [5.41, 5.74) is 1.07. The number of methoxy groups -OCH3 is 2. The van der Waals surface area contributed by atoms with Gasteiger partial charge >= 0.3 is 5.97 Å². The summed E-state index contributed by atoms with van der Waals surface area (Å²) in [6, 6.07) is 9.63. The van der Waals surface area contributed by atoms with E-state index in [9.17, 15) is 17.6 Å². The largest absolute Gasteiger partial charge is 0.495 e. The number of hydrogen-bond donors (Lipinski definition) is 1. The van der Waals surface area contributed by atoms with E-state index in [4.69, 9.17) is 25.8 Å². The Labute approximate surface area is 188 Å². The third-order valence-corrected chi connectivity index (χ3v) is 6.43. The van der Waals surface area contributed by atoms with Crippen LogP contribution in [0.1, 0.15) is 16.1 Å². The van der Waals surface area contributed by atoms with E-state index < -0.39 is 21.9 Å². The van der Waals surface area contributed by atoms with Crippen molar-refractivity contribution < 1.29 is 31.8 Å². The Balaban J connectivity index is 2.00. The molecule has 0 fully saturated rings. The number of carbonyl (C=O) groups excluding carboxylic acids is 1. The fourth-order valence-corrected chi connectivity index (χ4v) is 4.93. The molecule has 0 radical (unpaired) electrons. The van der Waals surface area contributed by atoms with Gasteiger partial charge in [0.05, 0.1) is 36.2 Å². The van der Waals surface area contributed by atoms with Gasteiger partial charge in [-0.1, -0.05) is 17.7 Å². The number of ether oxygens (including phenoxy) is 3. The second-order valence-corrected chi connectivity index (χ2v) is 8.77. The third-order valence-electron chi connectivity index (χ3n) is 4.77. The van der Waals surface area contributed by atoms with Crippen molar-refractivity contribution in [1.29, 1.82) is 0 Å². The van der Waals surface area contributed by atoms with E-state index in [0.717, 1.165) is 12.1 Å².